The molecule has 11 heavy (non-hydrogen) atoms. The van der Waals surface area contributed by atoms with Crippen LogP contribution in [0.3, 0.4) is 0 Å². The third-order valence-corrected chi connectivity index (χ3v) is 2.34. The Balaban J connectivity index is 2.91. The van der Waals surface area contributed by atoms with Gasteiger partial charge in [0, 0.05) is 4.47 Å². The van der Waals surface area contributed by atoms with Gasteiger partial charge in [-0.3, -0.25) is 0 Å². The highest BCUT2D eigenvalue weighted by Crippen LogP contribution is 2.22. The fraction of sp³-hybridized carbons (Fsp3) is 0. The van der Waals surface area contributed by atoms with Crippen LogP contribution in [-0.4, -0.2) is 0 Å². The summed E-state index contributed by atoms with van der Waals surface area (Å²) >= 11 is 3.48. The van der Waals surface area contributed by atoms with Crippen molar-refractivity contribution in [2.75, 3.05) is 0 Å². The van der Waals surface area contributed by atoms with Crippen LogP contribution in [0.25, 0.3) is 10.8 Å². The van der Waals surface area contributed by atoms with Crippen molar-refractivity contribution in [2.24, 2.45) is 0 Å². The van der Waals surface area contributed by atoms with E-state index in [2.05, 4.69) is 34.1 Å². The van der Waals surface area contributed by atoms with Gasteiger partial charge in [-0.1, -0.05) is 46.3 Å². The van der Waals surface area contributed by atoms with Gasteiger partial charge >= 0.3 is 0 Å². The Morgan fingerprint density at radius 3 is 2.82 bits per heavy atom. The Labute approximate surface area is 74.0 Å². The molecule has 0 amide bonds. The average Bonchev–Trinajstić information content (AvgIpc) is 2.06. The highest BCUT2D eigenvalue weighted by Gasteiger charge is 1.93. The van der Waals surface area contributed by atoms with Crippen LogP contribution in [0.5, 0.6) is 0 Å². The van der Waals surface area contributed by atoms with Crippen molar-refractivity contribution in [3.8, 4) is 0 Å². The van der Waals surface area contributed by atoms with E-state index in [0.717, 1.165) is 9.86 Å². The van der Waals surface area contributed by atoms with Crippen molar-refractivity contribution in [3.05, 3.63) is 46.9 Å². The summed E-state index contributed by atoms with van der Waals surface area (Å²) in [6.07, 6.45) is 0. The predicted octanol–water partition coefficient (Wildman–Crippen LogP) is 3.40. The van der Waals surface area contributed by atoms with E-state index < -0.39 is 0 Å². The minimum absolute atomic E-state index is 1.13. The molecule has 0 spiro atoms. The zero-order valence-electron chi connectivity index (χ0n) is 5.84. The fourth-order valence-corrected chi connectivity index (χ4v) is 1.61. The lowest BCUT2D eigenvalue weighted by molar-refractivity contribution is 1.70. The van der Waals surface area contributed by atoms with Gasteiger partial charge < -0.3 is 0 Å². The van der Waals surface area contributed by atoms with Crippen molar-refractivity contribution in [1.29, 1.82) is 0 Å². The van der Waals surface area contributed by atoms with E-state index in [1.54, 1.807) is 0 Å². The average molecular weight is 206 g/mol. The summed E-state index contributed by atoms with van der Waals surface area (Å²) in [5.74, 6) is 0. The summed E-state index contributed by atoms with van der Waals surface area (Å²) < 4.78 is 1.13. The fourth-order valence-electron chi connectivity index (χ4n) is 1.11. The lowest BCUT2D eigenvalue weighted by atomic mass is 10.1. The summed E-state index contributed by atoms with van der Waals surface area (Å²) in [4.78, 5) is 0. The first-order valence-corrected chi connectivity index (χ1v) is 4.22. The van der Waals surface area contributed by atoms with Gasteiger partial charge in [-0.25, -0.2) is 0 Å². The number of hydrogen-bond acceptors (Lipinski definition) is 0. The van der Waals surface area contributed by atoms with Gasteiger partial charge in [-0.15, -0.1) is 0 Å². The van der Waals surface area contributed by atoms with Crippen molar-refractivity contribution in [2.45, 2.75) is 0 Å². The topological polar surface area (TPSA) is 0 Å². The van der Waals surface area contributed by atoms with E-state index in [-0.39, 0.29) is 0 Å². The summed E-state index contributed by atoms with van der Waals surface area (Å²) in [7, 11) is 0. The highest BCUT2D eigenvalue weighted by molar-refractivity contribution is 9.10. The maximum absolute atomic E-state index is 3.48. The molecule has 2 aromatic carbocycles. The summed E-state index contributed by atoms with van der Waals surface area (Å²) in [6.45, 7) is 0. The first-order valence-electron chi connectivity index (χ1n) is 3.43. The Hall–Kier alpha value is -0.820. The second-order valence-electron chi connectivity index (χ2n) is 2.37. The van der Waals surface area contributed by atoms with Crippen molar-refractivity contribution in [3.63, 3.8) is 0 Å². The molecule has 0 unspecified atom stereocenters. The zero-order chi connectivity index (χ0) is 7.68. The molecule has 53 valence electrons. The third-order valence-electron chi connectivity index (χ3n) is 1.65. The largest absolute Gasteiger partial charge is 0.0610 e. The van der Waals surface area contributed by atoms with Crippen LogP contribution < -0.4 is 0 Å². The summed E-state index contributed by atoms with van der Waals surface area (Å²) in [6, 6.07) is 15.3. The molecule has 1 heteroatoms. The van der Waals surface area contributed by atoms with Gasteiger partial charge in [0.1, 0.15) is 0 Å². The number of benzene rings is 2. The molecule has 0 heterocycles. The minimum atomic E-state index is 1.13. The quantitative estimate of drug-likeness (QED) is 0.619. The lowest BCUT2D eigenvalue weighted by Gasteiger charge is -1.97. The Bertz CT molecular complexity index is 374. The Kier molecular flexibility index (Phi) is 1.66. The van der Waals surface area contributed by atoms with Crippen LogP contribution in [-0.2, 0) is 0 Å². The lowest BCUT2D eigenvalue weighted by Crippen LogP contribution is -1.71. The van der Waals surface area contributed by atoms with Gasteiger partial charge in [0.15, 0.2) is 0 Å². The maximum atomic E-state index is 3.48. The third kappa shape index (κ3) is 1.16. The van der Waals surface area contributed by atoms with E-state index in [4.69, 9.17) is 0 Å². The van der Waals surface area contributed by atoms with Gasteiger partial charge in [0.05, 0.1) is 0 Å². The number of hydrogen-bond donors (Lipinski definition) is 0. The van der Waals surface area contributed by atoms with E-state index in [0.29, 0.717) is 0 Å². The monoisotopic (exact) mass is 205 g/mol. The van der Waals surface area contributed by atoms with Crippen LogP contribution in [0.15, 0.2) is 40.9 Å². The molecule has 0 atom stereocenters. The molecule has 0 saturated carbocycles. The SMILES string of the molecule is Brc1cccc2[c]cccc12. The number of halogens is 1. The molecule has 0 fully saturated rings. The first-order chi connectivity index (χ1) is 5.38. The minimum Gasteiger partial charge on any atom is -0.0610 e. The standard InChI is InChI=1S/C10H6Br/c11-10-7-3-5-8-4-1-2-6-9(8)10/h1-3,5-7H. The zero-order valence-corrected chi connectivity index (χ0v) is 7.43. The predicted molar refractivity (Wildman–Crippen MR) is 50.5 cm³/mol. The van der Waals surface area contributed by atoms with Crippen LogP contribution >= 0.6 is 15.9 Å². The van der Waals surface area contributed by atoms with Crippen molar-refractivity contribution < 1.29 is 0 Å². The van der Waals surface area contributed by atoms with Crippen molar-refractivity contribution >= 4 is 26.7 Å². The molecule has 0 bridgehead atoms. The Morgan fingerprint density at radius 2 is 2.00 bits per heavy atom. The first kappa shape index (κ1) is 6.86. The van der Waals surface area contributed by atoms with Gasteiger partial charge in [-0.2, -0.15) is 0 Å². The van der Waals surface area contributed by atoms with Crippen LogP contribution in [0, 0.1) is 6.07 Å². The molecule has 1 radical (unpaired) electrons. The van der Waals surface area contributed by atoms with Gasteiger partial charge in [0.2, 0.25) is 0 Å². The number of fused-ring (bicyclic) bond motifs is 1. The highest BCUT2D eigenvalue weighted by atomic mass is 79.9. The number of rotatable bonds is 0. The molecular formula is C10H6Br. The second kappa shape index (κ2) is 2.67. The van der Waals surface area contributed by atoms with Crippen LogP contribution in [0.2, 0.25) is 0 Å². The van der Waals surface area contributed by atoms with Crippen molar-refractivity contribution in [1.82, 2.24) is 0 Å². The molecule has 2 aromatic rings. The van der Waals surface area contributed by atoms with E-state index >= 15 is 0 Å². The smallest absolute Gasteiger partial charge is 0.0253 e. The van der Waals surface area contributed by atoms with Gasteiger partial charge in [-0.05, 0) is 22.9 Å². The molecule has 0 aromatic heterocycles. The molecule has 0 nitrogen and oxygen atoms in total. The molecule has 0 aliphatic heterocycles. The van der Waals surface area contributed by atoms with E-state index in [1.807, 2.05) is 24.3 Å². The molecule has 0 N–H and O–H groups in total. The van der Waals surface area contributed by atoms with E-state index in [1.165, 1.54) is 5.39 Å². The Morgan fingerprint density at radius 1 is 1.09 bits per heavy atom. The second-order valence-corrected chi connectivity index (χ2v) is 3.23. The summed E-state index contributed by atoms with van der Waals surface area (Å²) in [5.41, 5.74) is 0. The molecule has 0 aliphatic carbocycles. The normalized spacial score (nSPS) is 10.3. The maximum Gasteiger partial charge on any atom is 0.0253 e. The summed E-state index contributed by atoms with van der Waals surface area (Å²) in [5, 5.41) is 2.37. The molecule has 2 rings (SSSR count). The van der Waals surface area contributed by atoms with E-state index in [9.17, 15) is 0 Å². The van der Waals surface area contributed by atoms with Gasteiger partial charge in [0.25, 0.3) is 0 Å². The van der Waals surface area contributed by atoms with Crippen LogP contribution in [0.1, 0.15) is 0 Å². The molecule has 0 aliphatic rings. The van der Waals surface area contributed by atoms with Crippen LogP contribution in [0.4, 0.5) is 0 Å². The molecular weight excluding hydrogens is 200 g/mol. The molecule has 0 saturated heterocycles.